The van der Waals surface area contributed by atoms with Crippen LogP contribution in [-0.2, 0) is 23.9 Å². The second-order valence-corrected chi connectivity index (χ2v) is 4.48. The topological polar surface area (TPSA) is 69.7 Å². The molecule has 0 aromatic rings. The minimum absolute atomic E-state index is 0.0651. The third-order valence-electron chi connectivity index (χ3n) is 3.38. The molecule has 0 heterocycles. The first-order valence-corrected chi connectivity index (χ1v) is 5.77. The van der Waals surface area contributed by atoms with Gasteiger partial charge in [-0.1, -0.05) is 5.57 Å². The maximum Gasteiger partial charge on any atom is 0.309 e. The lowest BCUT2D eigenvalue weighted by molar-refractivity contribution is -0.158. The summed E-state index contributed by atoms with van der Waals surface area (Å²) >= 11 is 0. The van der Waals surface area contributed by atoms with Crippen LogP contribution < -0.4 is 0 Å². The number of carbonyl (C=O) groups excluding carboxylic acids is 3. The molecule has 1 rings (SSSR count). The average Bonchev–Trinajstić information content (AvgIpc) is 2.36. The number of rotatable bonds is 3. The summed E-state index contributed by atoms with van der Waals surface area (Å²) in [5, 5.41) is 0. The van der Waals surface area contributed by atoms with Crippen LogP contribution >= 0.6 is 0 Å². The fourth-order valence-corrected chi connectivity index (χ4v) is 2.37. The van der Waals surface area contributed by atoms with Crippen molar-refractivity contribution in [2.45, 2.75) is 26.7 Å². The molecule has 0 aromatic carbocycles. The quantitative estimate of drug-likeness (QED) is 0.709. The molecule has 0 aliphatic heterocycles. The predicted octanol–water partition coefficient (Wildman–Crippen LogP) is 1.26. The summed E-state index contributed by atoms with van der Waals surface area (Å²) in [5.74, 6) is -2.18. The van der Waals surface area contributed by atoms with Crippen molar-refractivity contribution in [1.82, 2.24) is 0 Å². The number of hydrogen-bond acceptors (Lipinski definition) is 5. The molecule has 0 aromatic heterocycles. The van der Waals surface area contributed by atoms with E-state index in [0.717, 1.165) is 5.57 Å². The second-order valence-electron chi connectivity index (χ2n) is 4.48. The van der Waals surface area contributed by atoms with Crippen molar-refractivity contribution in [2.75, 3.05) is 14.2 Å². The highest BCUT2D eigenvalue weighted by Gasteiger charge is 2.40. The minimum Gasteiger partial charge on any atom is -0.469 e. The minimum atomic E-state index is -0.634. The van der Waals surface area contributed by atoms with Crippen LogP contribution in [0.15, 0.2) is 11.1 Å². The molecule has 5 heteroatoms. The highest BCUT2D eigenvalue weighted by Crippen LogP contribution is 2.36. The van der Waals surface area contributed by atoms with Crippen LogP contribution in [0.1, 0.15) is 26.7 Å². The van der Waals surface area contributed by atoms with Gasteiger partial charge in [0.05, 0.1) is 26.1 Å². The van der Waals surface area contributed by atoms with Crippen LogP contribution in [0.2, 0.25) is 0 Å². The second kappa shape index (κ2) is 5.80. The molecule has 0 saturated carbocycles. The van der Waals surface area contributed by atoms with Crippen molar-refractivity contribution in [3.05, 3.63) is 11.1 Å². The number of carbonyl (C=O) groups is 3. The first-order chi connectivity index (χ1) is 8.42. The van der Waals surface area contributed by atoms with E-state index in [2.05, 4.69) is 0 Å². The van der Waals surface area contributed by atoms with Crippen molar-refractivity contribution in [3.63, 3.8) is 0 Å². The molecule has 0 spiro atoms. The van der Waals surface area contributed by atoms with Gasteiger partial charge in [0.2, 0.25) is 0 Å². The lowest BCUT2D eigenvalue weighted by Crippen LogP contribution is -2.35. The van der Waals surface area contributed by atoms with Gasteiger partial charge in [0.15, 0.2) is 5.78 Å². The van der Waals surface area contributed by atoms with E-state index in [0.29, 0.717) is 12.0 Å². The molecule has 0 radical (unpaired) electrons. The standard InChI is InChI=1S/C13H18O5/c1-7-5-10(12(15)17-3)11(13(16)18-4)6-9(7)8(2)14/h10-11H,5-6H2,1-4H3. The summed E-state index contributed by atoms with van der Waals surface area (Å²) in [6.07, 6.45) is 0.606. The van der Waals surface area contributed by atoms with E-state index in [1.54, 1.807) is 6.92 Å². The van der Waals surface area contributed by atoms with Gasteiger partial charge in [-0.05, 0) is 32.3 Å². The first kappa shape index (κ1) is 14.4. The summed E-state index contributed by atoms with van der Waals surface area (Å²) in [4.78, 5) is 34.9. The van der Waals surface area contributed by atoms with E-state index >= 15 is 0 Å². The zero-order valence-electron chi connectivity index (χ0n) is 11.1. The number of ketones is 1. The van der Waals surface area contributed by atoms with Crippen molar-refractivity contribution in [2.24, 2.45) is 11.8 Å². The molecular formula is C13H18O5. The molecule has 18 heavy (non-hydrogen) atoms. The number of esters is 2. The monoisotopic (exact) mass is 254 g/mol. The smallest absolute Gasteiger partial charge is 0.309 e. The summed E-state index contributed by atoms with van der Waals surface area (Å²) in [6.45, 7) is 3.27. The van der Waals surface area contributed by atoms with Crippen LogP contribution in [0, 0.1) is 11.8 Å². The normalized spacial score (nSPS) is 23.6. The number of ether oxygens (including phenoxy) is 2. The van der Waals surface area contributed by atoms with Gasteiger partial charge in [0.1, 0.15) is 0 Å². The fraction of sp³-hybridized carbons (Fsp3) is 0.615. The third kappa shape index (κ3) is 2.78. The van der Waals surface area contributed by atoms with Gasteiger partial charge >= 0.3 is 11.9 Å². The van der Waals surface area contributed by atoms with Gasteiger partial charge in [-0.3, -0.25) is 14.4 Å². The Labute approximate surface area is 106 Å². The molecule has 0 saturated heterocycles. The Bertz CT molecular complexity index is 408. The maximum absolute atomic E-state index is 11.7. The molecule has 0 amide bonds. The zero-order chi connectivity index (χ0) is 13.9. The number of allylic oxidation sites excluding steroid dienone is 2. The van der Waals surface area contributed by atoms with Crippen molar-refractivity contribution in [3.8, 4) is 0 Å². The Balaban J connectivity index is 3.08. The van der Waals surface area contributed by atoms with Gasteiger partial charge < -0.3 is 9.47 Å². The first-order valence-electron chi connectivity index (χ1n) is 5.77. The summed E-state index contributed by atoms with van der Waals surface area (Å²) in [5.41, 5.74) is 1.46. The number of methoxy groups -OCH3 is 2. The molecule has 1 aliphatic rings. The molecule has 0 fully saturated rings. The highest BCUT2D eigenvalue weighted by atomic mass is 16.5. The van der Waals surface area contributed by atoms with E-state index in [1.807, 2.05) is 0 Å². The van der Waals surface area contributed by atoms with E-state index in [1.165, 1.54) is 21.1 Å². The van der Waals surface area contributed by atoms with Crippen LogP contribution in [0.4, 0.5) is 0 Å². The Morgan fingerprint density at radius 1 is 1.00 bits per heavy atom. The fourth-order valence-electron chi connectivity index (χ4n) is 2.37. The van der Waals surface area contributed by atoms with Gasteiger partial charge in [-0.2, -0.15) is 0 Å². The molecule has 2 atom stereocenters. The lowest BCUT2D eigenvalue weighted by Gasteiger charge is -2.29. The Morgan fingerprint density at radius 2 is 1.44 bits per heavy atom. The van der Waals surface area contributed by atoms with E-state index in [4.69, 9.17) is 9.47 Å². The number of hydrogen-bond donors (Lipinski definition) is 0. The molecule has 2 unspecified atom stereocenters. The molecule has 0 N–H and O–H groups in total. The van der Waals surface area contributed by atoms with Crippen molar-refractivity contribution in [1.29, 1.82) is 0 Å². The summed E-state index contributed by atoms with van der Waals surface area (Å²) in [6, 6.07) is 0. The Hall–Kier alpha value is -1.65. The molecule has 5 nitrogen and oxygen atoms in total. The van der Waals surface area contributed by atoms with Gasteiger partial charge in [-0.15, -0.1) is 0 Å². The predicted molar refractivity (Wildman–Crippen MR) is 63.6 cm³/mol. The van der Waals surface area contributed by atoms with Gasteiger partial charge in [-0.25, -0.2) is 0 Å². The maximum atomic E-state index is 11.7. The average molecular weight is 254 g/mol. The van der Waals surface area contributed by atoms with Gasteiger partial charge in [0.25, 0.3) is 0 Å². The summed E-state index contributed by atoms with van der Waals surface area (Å²) in [7, 11) is 2.56. The Kier molecular flexibility index (Phi) is 4.64. The SMILES string of the molecule is COC(=O)C1CC(C)=C(C(C)=O)CC1C(=O)OC. The van der Waals surface area contributed by atoms with E-state index in [9.17, 15) is 14.4 Å². The lowest BCUT2D eigenvalue weighted by atomic mass is 9.75. The zero-order valence-corrected chi connectivity index (χ0v) is 11.1. The largest absolute Gasteiger partial charge is 0.469 e. The van der Waals surface area contributed by atoms with Crippen molar-refractivity contribution >= 4 is 17.7 Å². The molecular weight excluding hydrogens is 236 g/mol. The highest BCUT2D eigenvalue weighted by molar-refractivity contribution is 5.96. The van der Waals surface area contributed by atoms with E-state index in [-0.39, 0.29) is 12.2 Å². The van der Waals surface area contributed by atoms with Crippen LogP contribution in [0.3, 0.4) is 0 Å². The third-order valence-corrected chi connectivity index (χ3v) is 3.38. The van der Waals surface area contributed by atoms with E-state index < -0.39 is 23.8 Å². The molecule has 1 aliphatic carbocycles. The summed E-state index contributed by atoms with van der Waals surface area (Å²) < 4.78 is 9.40. The van der Waals surface area contributed by atoms with Crippen LogP contribution in [-0.4, -0.2) is 31.9 Å². The van der Waals surface area contributed by atoms with Crippen LogP contribution in [0.5, 0.6) is 0 Å². The van der Waals surface area contributed by atoms with Crippen LogP contribution in [0.25, 0.3) is 0 Å². The molecule has 0 bridgehead atoms. The van der Waals surface area contributed by atoms with Crippen molar-refractivity contribution < 1.29 is 23.9 Å². The van der Waals surface area contributed by atoms with Gasteiger partial charge in [0, 0.05) is 0 Å². The Morgan fingerprint density at radius 3 is 1.83 bits per heavy atom. The number of Topliss-reactive ketones (excluding diaryl/α,β-unsaturated/α-hetero) is 1. The molecule has 100 valence electrons.